The summed E-state index contributed by atoms with van der Waals surface area (Å²) in [7, 11) is 0. The molecule has 55 heavy (non-hydrogen) atoms. The first kappa shape index (κ1) is 29.4. The Labute approximate surface area is 318 Å². The Morgan fingerprint density at radius 3 is 1.87 bits per heavy atom. The molecule has 0 fully saturated rings. The van der Waals surface area contributed by atoms with Crippen molar-refractivity contribution in [1.29, 1.82) is 0 Å². The van der Waals surface area contributed by atoms with E-state index in [1.165, 1.54) is 75.5 Å². The van der Waals surface area contributed by atoms with Crippen LogP contribution in [0.5, 0.6) is 0 Å². The summed E-state index contributed by atoms with van der Waals surface area (Å²) in [5, 5.41) is 11.0. The predicted octanol–water partition coefficient (Wildman–Crippen LogP) is 13.6. The van der Waals surface area contributed by atoms with Crippen molar-refractivity contribution in [3.05, 3.63) is 170 Å². The van der Waals surface area contributed by atoms with Crippen LogP contribution in [0.2, 0.25) is 0 Å². The normalized spacial score (nSPS) is 12.4. The third-order valence-corrected chi connectivity index (χ3v) is 12.8. The SMILES string of the molecule is c1ccc(-c2ccc(-c3nc(-n4c5cc6ccccc6cc5c5c6c7ccccc7n7c8ccccc8c(cc54)c67)nc4c3sc3ccccc34)cc2)cc1. The fraction of sp³-hybridized carbons (Fsp3) is 0. The minimum absolute atomic E-state index is 0.676. The third-order valence-electron chi connectivity index (χ3n) is 11.6. The zero-order chi connectivity index (χ0) is 35.8. The maximum atomic E-state index is 5.59. The molecule has 0 unspecified atom stereocenters. The first-order chi connectivity index (χ1) is 27.3. The van der Waals surface area contributed by atoms with Crippen LogP contribution in [0.25, 0.3) is 119 Å². The van der Waals surface area contributed by atoms with E-state index < -0.39 is 0 Å². The van der Waals surface area contributed by atoms with E-state index in [9.17, 15) is 0 Å². The Kier molecular flexibility index (Phi) is 5.74. The number of para-hydroxylation sites is 2. The van der Waals surface area contributed by atoms with Crippen LogP contribution in [-0.2, 0) is 0 Å². The monoisotopic (exact) mass is 716 g/mol. The summed E-state index contributed by atoms with van der Waals surface area (Å²) >= 11 is 1.77. The molecule has 0 saturated heterocycles. The highest BCUT2D eigenvalue weighted by molar-refractivity contribution is 7.26. The molecule has 13 rings (SSSR count). The first-order valence-corrected chi connectivity index (χ1v) is 19.5. The zero-order valence-corrected chi connectivity index (χ0v) is 30.2. The molecule has 8 aromatic carbocycles. The molecule has 5 aromatic heterocycles. The maximum Gasteiger partial charge on any atom is 0.235 e. The van der Waals surface area contributed by atoms with E-state index in [1.807, 2.05) is 0 Å². The van der Waals surface area contributed by atoms with E-state index in [1.54, 1.807) is 11.3 Å². The van der Waals surface area contributed by atoms with Gasteiger partial charge in [-0.05, 0) is 58.3 Å². The second-order valence-electron chi connectivity index (χ2n) is 14.6. The van der Waals surface area contributed by atoms with Gasteiger partial charge < -0.3 is 4.40 Å². The molecule has 0 aliphatic heterocycles. The molecular weight excluding hydrogens is 689 g/mol. The third kappa shape index (κ3) is 3.94. The van der Waals surface area contributed by atoms with E-state index in [2.05, 4.69) is 179 Å². The van der Waals surface area contributed by atoms with Crippen LogP contribution in [0.15, 0.2) is 170 Å². The van der Waals surface area contributed by atoms with Crippen molar-refractivity contribution in [1.82, 2.24) is 18.9 Å². The van der Waals surface area contributed by atoms with Crippen LogP contribution >= 0.6 is 11.3 Å². The van der Waals surface area contributed by atoms with E-state index in [4.69, 9.17) is 9.97 Å². The van der Waals surface area contributed by atoms with Gasteiger partial charge in [0.1, 0.15) is 0 Å². The van der Waals surface area contributed by atoms with E-state index >= 15 is 0 Å². The van der Waals surface area contributed by atoms with Crippen molar-refractivity contribution in [3.8, 4) is 28.3 Å². The van der Waals surface area contributed by atoms with Crippen LogP contribution in [0, 0.1) is 0 Å². The van der Waals surface area contributed by atoms with Gasteiger partial charge in [-0.3, -0.25) is 4.57 Å². The molecule has 4 nitrogen and oxygen atoms in total. The number of hydrogen-bond acceptors (Lipinski definition) is 3. The molecule has 13 aromatic rings. The van der Waals surface area contributed by atoms with Crippen molar-refractivity contribution in [2.24, 2.45) is 0 Å². The number of thiophene rings is 1. The summed E-state index contributed by atoms with van der Waals surface area (Å²) in [6.45, 7) is 0. The predicted molar refractivity (Wildman–Crippen MR) is 232 cm³/mol. The Morgan fingerprint density at radius 1 is 0.418 bits per heavy atom. The van der Waals surface area contributed by atoms with Gasteiger partial charge in [0.2, 0.25) is 5.95 Å². The number of hydrogen-bond donors (Lipinski definition) is 0. The van der Waals surface area contributed by atoms with Crippen LogP contribution in [-0.4, -0.2) is 18.9 Å². The molecule has 5 heteroatoms. The van der Waals surface area contributed by atoms with Gasteiger partial charge in [-0.15, -0.1) is 11.3 Å². The summed E-state index contributed by atoms with van der Waals surface area (Å²) in [4.78, 5) is 11.1. The van der Waals surface area contributed by atoms with Gasteiger partial charge in [0.05, 0.1) is 43.5 Å². The van der Waals surface area contributed by atoms with E-state index in [-0.39, 0.29) is 0 Å². The van der Waals surface area contributed by atoms with E-state index in [0.29, 0.717) is 5.95 Å². The summed E-state index contributed by atoms with van der Waals surface area (Å²) in [5.74, 6) is 0.676. The van der Waals surface area contributed by atoms with Crippen molar-refractivity contribution in [3.63, 3.8) is 0 Å². The Bertz CT molecular complexity index is 3700. The second-order valence-corrected chi connectivity index (χ2v) is 15.6. The Morgan fingerprint density at radius 2 is 1.05 bits per heavy atom. The minimum Gasteiger partial charge on any atom is -0.308 e. The molecule has 0 aliphatic rings. The standard InChI is InChI=1S/C50H28N4S/c1-2-12-29(13-3-1)30-22-24-31(25-23-30)46-49-47(36-18-8-11-21-43(36)55-49)52-50(51-46)54-41-27-33-15-5-4-14-32(33)26-38(41)44-42(54)28-37-34-16-6-9-19-39(34)53-40-20-10-7-17-35(40)45(44)48(37)53/h1-28H. The number of rotatable bonds is 3. The van der Waals surface area contributed by atoms with E-state index in [0.717, 1.165) is 37.9 Å². The van der Waals surface area contributed by atoms with Gasteiger partial charge in [0, 0.05) is 48.0 Å². The molecule has 0 spiro atoms. The topological polar surface area (TPSA) is 35.1 Å². The first-order valence-electron chi connectivity index (χ1n) is 18.7. The van der Waals surface area contributed by atoms with Crippen LogP contribution in [0.1, 0.15) is 0 Å². The van der Waals surface area contributed by atoms with Gasteiger partial charge in [-0.25, -0.2) is 9.97 Å². The van der Waals surface area contributed by atoms with Gasteiger partial charge in [0.15, 0.2) is 0 Å². The second kappa shape index (κ2) is 10.8. The highest BCUT2D eigenvalue weighted by Gasteiger charge is 2.26. The van der Waals surface area contributed by atoms with Crippen molar-refractivity contribution in [2.45, 2.75) is 0 Å². The molecule has 5 heterocycles. The molecule has 0 saturated carbocycles. The van der Waals surface area contributed by atoms with Gasteiger partial charge in [0.25, 0.3) is 0 Å². The Hall–Kier alpha value is -7.08. The highest BCUT2D eigenvalue weighted by Crippen LogP contribution is 2.48. The Balaban J connectivity index is 1.21. The average molecular weight is 717 g/mol. The lowest BCUT2D eigenvalue weighted by molar-refractivity contribution is 1.02. The fourth-order valence-electron chi connectivity index (χ4n) is 9.24. The lowest BCUT2D eigenvalue weighted by Gasteiger charge is -2.11. The van der Waals surface area contributed by atoms with Crippen LogP contribution in [0.4, 0.5) is 0 Å². The number of fused-ring (bicyclic) bond motifs is 14. The van der Waals surface area contributed by atoms with Gasteiger partial charge in [-0.1, -0.05) is 133 Å². The van der Waals surface area contributed by atoms with Gasteiger partial charge in [-0.2, -0.15) is 0 Å². The smallest absolute Gasteiger partial charge is 0.235 e. The highest BCUT2D eigenvalue weighted by atomic mass is 32.1. The molecule has 0 radical (unpaired) electrons. The molecule has 254 valence electrons. The van der Waals surface area contributed by atoms with Crippen molar-refractivity contribution < 1.29 is 0 Å². The average Bonchev–Trinajstić information content (AvgIpc) is 3.98. The summed E-state index contributed by atoms with van der Waals surface area (Å²) in [5.41, 5.74) is 11.3. The van der Waals surface area contributed by atoms with Crippen molar-refractivity contribution >= 4 is 102 Å². The molecule has 0 bridgehead atoms. The fourth-order valence-corrected chi connectivity index (χ4v) is 10.4. The summed E-state index contributed by atoms with van der Waals surface area (Å²) < 4.78 is 7.12. The lowest BCUT2D eigenvalue weighted by Crippen LogP contribution is -2.03. The van der Waals surface area contributed by atoms with Gasteiger partial charge >= 0.3 is 0 Å². The maximum absolute atomic E-state index is 5.59. The lowest BCUT2D eigenvalue weighted by atomic mass is 10.0. The van der Waals surface area contributed by atoms with Crippen molar-refractivity contribution in [2.75, 3.05) is 0 Å². The molecule has 0 aliphatic carbocycles. The largest absolute Gasteiger partial charge is 0.308 e. The van der Waals surface area contributed by atoms with Crippen LogP contribution in [0.3, 0.4) is 0 Å². The quantitative estimate of drug-likeness (QED) is 0.182. The molecule has 0 atom stereocenters. The molecular formula is C50H28N4S. The summed E-state index contributed by atoms with van der Waals surface area (Å²) in [6.07, 6.45) is 0. The zero-order valence-electron chi connectivity index (χ0n) is 29.4. The summed E-state index contributed by atoms with van der Waals surface area (Å²) in [6, 6.07) is 61.5. The minimum atomic E-state index is 0.676. The number of benzene rings is 8. The number of nitrogens with zero attached hydrogens (tertiary/aromatic N) is 4. The number of aromatic nitrogens is 4. The molecule has 0 amide bonds. The molecule has 0 N–H and O–H groups in total. The van der Waals surface area contributed by atoms with Crippen LogP contribution < -0.4 is 0 Å².